The molecule has 0 unspecified atom stereocenters. The van der Waals surface area contributed by atoms with Gasteiger partial charge in [0.05, 0.1) is 0 Å². The van der Waals surface area contributed by atoms with E-state index >= 15 is 0 Å². The molecule has 3 heteroatoms. The fourth-order valence-corrected chi connectivity index (χ4v) is 1.95. The molecule has 1 amide bonds. The maximum atomic E-state index is 12.1. The van der Waals surface area contributed by atoms with Gasteiger partial charge in [0.25, 0.3) is 5.91 Å². The number of aryl methyl sites for hydroxylation is 1. The molecule has 18 heavy (non-hydrogen) atoms. The molecule has 0 aliphatic heterocycles. The van der Waals surface area contributed by atoms with Crippen molar-refractivity contribution in [2.24, 2.45) is 0 Å². The van der Waals surface area contributed by atoms with E-state index in [1.165, 1.54) is 5.56 Å². The molecule has 0 aromatic heterocycles. The first-order chi connectivity index (χ1) is 8.72. The number of benzene rings is 1. The molecule has 0 aliphatic carbocycles. The molecule has 0 saturated carbocycles. The summed E-state index contributed by atoms with van der Waals surface area (Å²) in [7, 11) is 0. The second-order valence-electron chi connectivity index (χ2n) is 4.36. The van der Waals surface area contributed by atoms with Crippen LogP contribution in [0.25, 0.3) is 0 Å². The summed E-state index contributed by atoms with van der Waals surface area (Å²) in [6.07, 6.45) is 2.78. The number of amides is 1. The van der Waals surface area contributed by atoms with Crippen molar-refractivity contribution < 1.29 is 9.90 Å². The molecule has 1 rings (SSSR count). The van der Waals surface area contributed by atoms with Crippen LogP contribution in [0.4, 0.5) is 0 Å². The SMILES string of the molecule is CCN(CC)C(=O)c1ccc(CCCCO)cc1. The van der Waals surface area contributed by atoms with Crippen LogP contribution < -0.4 is 0 Å². The van der Waals surface area contributed by atoms with Crippen LogP contribution in [0, 0.1) is 0 Å². The fraction of sp³-hybridized carbons (Fsp3) is 0.533. The number of hydrogen-bond acceptors (Lipinski definition) is 2. The summed E-state index contributed by atoms with van der Waals surface area (Å²) in [5.74, 6) is 0.0990. The lowest BCUT2D eigenvalue weighted by molar-refractivity contribution is 0.0773. The van der Waals surface area contributed by atoms with E-state index in [0.717, 1.165) is 37.9 Å². The van der Waals surface area contributed by atoms with E-state index < -0.39 is 0 Å². The maximum absolute atomic E-state index is 12.1. The zero-order chi connectivity index (χ0) is 13.4. The molecule has 0 heterocycles. The predicted molar refractivity (Wildman–Crippen MR) is 73.7 cm³/mol. The van der Waals surface area contributed by atoms with Gasteiger partial charge in [-0.25, -0.2) is 0 Å². The van der Waals surface area contributed by atoms with Crippen molar-refractivity contribution in [2.75, 3.05) is 19.7 Å². The Balaban J connectivity index is 2.61. The molecule has 0 bridgehead atoms. The van der Waals surface area contributed by atoms with Crippen LogP contribution in [0.1, 0.15) is 42.6 Å². The van der Waals surface area contributed by atoms with Gasteiger partial charge < -0.3 is 10.0 Å². The third-order valence-electron chi connectivity index (χ3n) is 3.13. The molecule has 1 aromatic rings. The van der Waals surface area contributed by atoms with E-state index in [2.05, 4.69) is 0 Å². The number of aliphatic hydroxyl groups is 1. The van der Waals surface area contributed by atoms with Crippen LogP contribution in [-0.4, -0.2) is 35.6 Å². The van der Waals surface area contributed by atoms with Gasteiger partial charge in [-0.05, 0) is 50.8 Å². The van der Waals surface area contributed by atoms with E-state index in [0.29, 0.717) is 0 Å². The number of unbranched alkanes of at least 4 members (excludes halogenated alkanes) is 1. The molecule has 0 atom stereocenters. The number of carbonyl (C=O) groups excluding carboxylic acids is 1. The average Bonchev–Trinajstić information content (AvgIpc) is 2.41. The Bertz CT molecular complexity index is 355. The summed E-state index contributed by atoms with van der Waals surface area (Å²) >= 11 is 0. The molecule has 0 spiro atoms. The average molecular weight is 249 g/mol. The second kappa shape index (κ2) is 7.88. The highest BCUT2D eigenvalue weighted by Crippen LogP contribution is 2.10. The quantitative estimate of drug-likeness (QED) is 0.754. The first-order valence-electron chi connectivity index (χ1n) is 6.72. The Kier molecular flexibility index (Phi) is 6.44. The Morgan fingerprint density at radius 1 is 1.11 bits per heavy atom. The molecule has 0 radical (unpaired) electrons. The van der Waals surface area contributed by atoms with Crippen molar-refractivity contribution >= 4 is 5.91 Å². The molecule has 0 saturated heterocycles. The molecule has 100 valence electrons. The molecule has 0 aliphatic rings. The normalized spacial score (nSPS) is 10.4. The summed E-state index contributed by atoms with van der Waals surface area (Å²) in [6.45, 7) is 5.72. The van der Waals surface area contributed by atoms with Gasteiger partial charge in [0, 0.05) is 25.3 Å². The summed E-state index contributed by atoms with van der Waals surface area (Å²) in [6, 6.07) is 7.81. The highest BCUT2D eigenvalue weighted by atomic mass is 16.2. The van der Waals surface area contributed by atoms with Gasteiger partial charge in [-0.15, -0.1) is 0 Å². The van der Waals surface area contributed by atoms with Crippen molar-refractivity contribution in [1.29, 1.82) is 0 Å². The Morgan fingerprint density at radius 2 is 1.72 bits per heavy atom. The van der Waals surface area contributed by atoms with Crippen LogP contribution in [0.5, 0.6) is 0 Å². The molecular formula is C15H23NO2. The highest BCUT2D eigenvalue weighted by Gasteiger charge is 2.11. The number of carbonyl (C=O) groups is 1. The summed E-state index contributed by atoms with van der Waals surface area (Å²) in [5, 5.41) is 8.73. The van der Waals surface area contributed by atoms with Crippen LogP contribution in [0.3, 0.4) is 0 Å². The third-order valence-corrected chi connectivity index (χ3v) is 3.13. The molecule has 1 N–H and O–H groups in total. The van der Waals surface area contributed by atoms with E-state index in [-0.39, 0.29) is 12.5 Å². The monoisotopic (exact) mass is 249 g/mol. The van der Waals surface area contributed by atoms with Crippen LogP contribution >= 0.6 is 0 Å². The summed E-state index contributed by atoms with van der Waals surface area (Å²) in [4.78, 5) is 13.9. The van der Waals surface area contributed by atoms with Crippen molar-refractivity contribution in [3.8, 4) is 0 Å². The van der Waals surface area contributed by atoms with Gasteiger partial charge >= 0.3 is 0 Å². The minimum atomic E-state index is 0.0990. The van der Waals surface area contributed by atoms with Gasteiger partial charge in [-0.1, -0.05) is 12.1 Å². The van der Waals surface area contributed by atoms with Crippen LogP contribution in [-0.2, 0) is 6.42 Å². The lowest BCUT2D eigenvalue weighted by Crippen LogP contribution is -2.30. The largest absolute Gasteiger partial charge is 0.396 e. The Labute approximate surface area is 109 Å². The van der Waals surface area contributed by atoms with E-state index in [4.69, 9.17) is 5.11 Å². The number of aliphatic hydroxyl groups excluding tert-OH is 1. The standard InChI is InChI=1S/C15H23NO2/c1-3-16(4-2)15(18)14-10-8-13(9-11-14)7-5-6-12-17/h8-11,17H,3-7,12H2,1-2H3. The third kappa shape index (κ3) is 4.15. The van der Waals surface area contributed by atoms with E-state index in [1.54, 1.807) is 0 Å². The minimum Gasteiger partial charge on any atom is -0.396 e. The molecule has 0 fully saturated rings. The van der Waals surface area contributed by atoms with Gasteiger partial charge in [0.15, 0.2) is 0 Å². The Hall–Kier alpha value is -1.35. The van der Waals surface area contributed by atoms with E-state index in [9.17, 15) is 4.79 Å². The topological polar surface area (TPSA) is 40.5 Å². The highest BCUT2D eigenvalue weighted by molar-refractivity contribution is 5.94. The van der Waals surface area contributed by atoms with Gasteiger partial charge in [0.2, 0.25) is 0 Å². The zero-order valence-corrected chi connectivity index (χ0v) is 11.4. The minimum absolute atomic E-state index is 0.0990. The number of nitrogens with zero attached hydrogens (tertiary/aromatic N) is 1. The first kappa shape index (κ1) is 14.7. The predicted octanol–water partition coefficient (Wildman–Crippen LogP) is 2.48. The molecular weight excluding hydrogens is 226 g/mol. The summed E-state index contributed by atoms with van der Waals surface area (Å²) < 4.78 is 0. The molecule has 3 nitrogen and oxygen atoms in total. The second-order valence-corrected chi connectivity index (χ2v) is 4.36. The van der Waals surface area contributed by atoms with Crippen molar-refractivity contribution in [1.82, 2.24) is 4.90 Å². The number of rotatable bonds is 7. The van der Waals surface area contributed by atoms with Crippen molar-refractivity contribution in [3.05, 3.63) is 35.4 Å². The van der Waals surface area contributed by atoms with Gasteiger partial charge in [-0.3, -0.25) is 4.79 Å². The maximum Gasteiger partial charge on any atom is 0.253 e. The van der Waals surface area contributed by atoms with Crippen molar-refractivity contribution in [2.45, 2.75) is 33.1 Å². The number of hydrogen-bond donors (Lipinski definition) is 1. The van der Waals surface area contributed by atoms with Crippen LogP contribution in [0.2, 0.25) is 0 Å². The zero-order valence-electron chi connectivity index (χ0n) is 11.4. The van der Waals surface area contributed by atoms with Crippen LogP contribution in [0.15, 0.2) is 24.3 Å². The fourth-order valence-electron chi connectivity index (χ4n) is 1.95. The summed E-state index contributed by atoms with van der Waals surface area (Å²) in [5.41, 5.74) is 1.98. The van der Waals surface area contributed by atoms with Crippen molar-refractivity contribution in [3.63, 3.8) is 0 Å². The van der Waals surface area contributed by atoms with E-state index in [1.807, 2.05) is 43.0 Å². The lowest BCUT2D eigenvalue weighted by Gasteiger charge is -2.18. The Morgan fingerprint density at radius 3 is 2.22 bits per heavy atom. The smallest absolute Gasteiger partial charge is 0.253 e. The first-order valence-corrected chi connectivity index (χ1v) is 6.72. The lowest BCUT2D eigenvalue weighted by atomic mass is 10.1. The van der Waals surface area contributed by atoms with Gasteiger partial charge in [-0.2, -0.15) is 0 Å². The van der Waals surface area contributed by atoms with Gasteiger partial charge in [0.1, 0.15) is 0 Å². The molecule has 1 aromatic carbocycles.